The number of anilines is 1. The van der Waals surface area contributed by atoms with Crippen molar-refractivity contribution in [3.05, 3.63) is 41.6 Å². The van der Waals surface area contributed by atoms with Gasteiger partial charge in [0.1, 0.15) is 11.6 Å². The molecule has 0 aliphatic heterocycles. The minimum absolute atomic E-state index is 0.616. The minimum Gasteiger partial charge on any atom is -0.497 e. The summed E-state index contributed by atoms with van der Waals surface area (Å²) < 4.78 is 7.18. The Morgan fingerprint density at radius 3 is 2.67 bits per heavy atom. The number of rotatable bonds is 4. The molecule has 0 bridgehead atoms. The summed E-state index contributed by atoms with van der Waals surface area (Å²) in [5.41, 5.74) is 8.27. The van der Waals surface area contributed by atoms with Gasteiger partial charge >= 0.3 is 0 Å². The molecule has 0 unspecified atom stereocenters. The van der Waals surface area contributed by atoms with Crippen molar-refractivity contribution >= 4 is 5.82 Å². The molecule has 3 rings (SSSR count). The van der Waals surface area contributed by atoms with E-state index >= 15 is 0 Å². The van der Waals surface area contributed by atoms with Gasteiger partial charge in [-0.15, -0.1) is 0 Å². The molecule has 1 aromatic carbocycles. The number of nitrogens with zero attached hydrogens (tertiary/aromatic N) is 2. The standard InChI is InChI=1S/C14H17N3O/c1-18-12-6-2-10(3-7-12)9-17-13(11-4-5-11)8-14(15)16-17/h2-3,6-8,11H,4-5,9H2,1H3,(H2,15,16). The highest BCUT2D eigenvalue weighted by Crippen LogP contribution is 2.40. The maximum Gasteiger partial charge on any atom is 0.145 e. The van der Waals surface area contributed by atoms with E-state index in [1.165, 1.54) is 24.1 Å². The summed E-state index contributed by atoms with van der Waals surface area (Å²) in [6, 6.07) is 10.1. The summed E-state index contributed by atoms with van der Waals surface area (Å²) in [4.78, 5) is 0. The van der Waals surface area contributed by atoms with E-state index < -0.39 is 0 Å². The Bertz CT molecular complexity index is 541. The molecule has 1 aliphatic carbocycles. The Kier molecular flexibility index (Phi) is 2.70. The summed E-state index contributed by atoms with van der Waals surface area (Å²) >= 11 is 0. The zero-order chi connectivity index (χ0) is 12.5. The number of ether oxygens (including phenoxy) is 1. The van der Waals surface area contributed by atoms with Gasteiger partial charge in [-0.3, -0.25) is 4.68 Å². The van der Waals surface area contributed by atoms with Crippen LogP contribution in [0.3, 0.4) is 0 Å². The molecular weight excluding hydrogens is 226 g/mol. The number of nitrogens with two attached hydrogens (primary N) is 1. The number of aromatic nitrogens is 2. The van der Waals surface area contributed by atoms with Crippen LogP contribution in [0.5, 0.6) is 5.75 Å². The molecule has 0 amide bonds. The van der Waals surface area contributed by atoms with E-state index in [1.807, 2.05) is 22.9 Å². The second-order valence-electron chi connectivity index (χ2n) is 4.77. The maximum absolute atomic E-state index is 5.79. The third-order valence-electron chi connectivity index (χ3n) is 3.32. The van der Waals surface area contributed by atoms with E-state index in [2.05, 4.69) is 17.2 Å². The molecule has 4 nitrogen and oxygen atoms in total. The molecule has 0 spiro atoms. The largest absolute Gasteiger partial charge is 0.497 e. The van der Waals surface area contributed by atoms with E-state index in [-0.39, 0.29) is 0 Å². The third-order valence-corrected chi connectivity index (χ3v) is 3.32. The minimum atomic E-state index is 0.616. The highest BCUT2D eigenvalue weighted by atomic mass is 16.5. The van der Waals surface area contributed by atoms with E-state index in [0.717, 1.165) is 12.3 Å². The molecule has 0 saturated heterocycles. The van der Waals surface area contributed by atoms with Crippen LogP contribution in [-0.4, -0.2) is 16.9 Å². The summed E-state index contributed by atoms with van der Waals surface area (Å²) in [5.74, 6) is 2.15. The fourth-order valence-corrected chi connectivity index (χ4v) is 2.19. The first-order valence-electron chi connectivity index (χ1n) is 6.22. The van der Waals surface area contributed by atoms with Crippen molar-refractivity contribution in [2.24, 2.45) is 0 Å². The van der Waals surface area contributed by atoms with E-state index in [4.69, 9.17) is 10.5 Å². The summed E-state index contributed by atoms with van der Waals surface area (Å²) in [6.45, 7) is 0.771. The number of hydrogen-bond acceptors (Lipinski definition) is 3. The van der Waals surface area contributed by atoms with Crippen molar-refractivity contribution < 1.29 is 4.74 Å². The van der Waals surface area contributed by atoms with Crippen LogP contribution in [-0.2, 0) is 6.54 Å². The van der Waals surface area contributed by atoms with Gasteiger partial charge in [0.15, 0.2) is 0 Å². The van der Waals surface area contributed by atoms with Crippen molar-refractivity contribution in [2.45, 2.75) is 25.3 Å². The molecule has 1 heterocycles. The molecule has 0 atom stereocenters. The lowest BCUT2D eigenvalue weighted by Crippen LogP contribution is -2.05. The topological polar surface area (TPSA) is 53.1 Å². The molecule has 1 aromatic heterocycles. The molecular formula is C14H17N3O. The first-order chi connectivity index (χ1) is 8.76. The van der Waals surface area contributed by atoms with Crippen LogP contribution in [0.15, 0.2) is 30.3 Å². The molecule has 2 N–H and O–H groups in total. The van der Waals surface area contributed by atoms with Crippen LogP contribution in [0.4, 0.5) is 5.82 Å². The molecule has 0 radical (unpaired) electrons. The van der Waals surface area contributed by atoms with E-state index in [0.29, 0.717) is 11.7 Å². The molecule has 4 heteroatoms. The third kappa shape index (κ3) is 2.18. The average Bonchev–Trinajstić information content (AvgIpc) is 3.15. The zero-order valence-corrected chi connectivity index (χ0v) is 10.5. The Hall–Kier alpha value is -1.97. The van der Waals surface area contributed by atoms with Crippen molar-refractivity contribution in [3.63, 3.8) is 0 Å². The lowest BCUT2D eigenvalue weighted by atomic mass is 10.2. The molecule has 1 fully saturated rings. The van der Waals surface area contributed by atoms with E-state index in [9.17, 15) is 0 Å². The summed E-state index contributed by atoms with van der Waals surface area (Å²) in [6.07, 6.45) is 2.52. The quantitative estimate of drug-likeness (QED) is 0.897. The SMILES string of the molecule is COc1ccc(Cn2nc(N)cc2C2CC2)cc1. The Labute approximate surface area is 106 Å². The fraction of sp³-hybridized carbons (Fsp3) is 0.357. The summed E-state index contributed by atoms with van der Waals surface area (Å²) in [7, 11) is 1.68. The second-order valence-corrected chi connectivity index (χ2v) is 4.77. The lowest BCUT2D eigenvalue weighted by Gasteiger charge is -2.07. The van der Waals surface area contributed by atoms with Gasteiger partial charge in [0.05, 0.1) is 13.7 Å². The van der Waals surface area contributed by atoms with Gasteiger partial charge in [-0.05, 0) is 30.5 Å². The monoisotopic (exact) mass is 243 g/mol. The predicted octanol–water partition coefficient (Wildman–Crippen LogP) is 2.40. The zero-order valence-electron chi connectivity index (χ0n) is 10.5. The molecule has 18 heavy (non-hydrogen) atoms. The molecule has 94 valence electrons. The van der Waals surface area contributed by atoms with Crippen LogP contribution < -0.4 is 10.5 Å². The van der Waals surface area contributed by atoms with Gasteiger partial charge in [-0.1, -0.05) is 12.1 Å². The molecule has 2 aromatic rings. The van der Waals surface area contributed by atoms with Crippen molar-refractivity contribution in [2.75, 3.05) is 12.8 Å². The highest BCUT2D eigenvalue weighted by Gasteiger charge is 2.27. The second kappa shape index (κ2) is 4.37. The van der Waals surface area contributed by atoms with Crippen molar-refractivity contribution in [3.8, 4) is 5.75 Å². The highest BCUT2D eigenvalue weighted by molar-refractivity contribution is 5.34. The van der Waals surface area contributed by atoms with Gasteiger partial charge < -0.3 is 10.5 Å². The van der Waals surface area contributed by atoms with Gasteiger partial charge in [-0.25, -0.2) is 0 Å². The predicted molar refractivity (Wildman–Crippen MR) is 70.7 cm³/mol. The first-order valence-corrected chi connectivity index (χ1v) is 6.22. The lowest BCUT2D eigenvalue weighted by molar-refractivity contribution is 0.414. The van der Waals surface area contributed by atoms with Gasteiger partial charge in [0, 0.05) is 17.7 Å². The molecule has 1 saturated carbocycles. The van der Waals surface area contributed by atoms with Crippen LogP contribution >= 0.6 is 0 Å². The normalized spacial score (nSPS) is 14.7. The fourth-order valence-electron chi connectivity index (χ4n) is 2.19. The van der Waals surface area contributed by atoms with Crippen molar-refractivity contribution in [1.82, 2.24) is 9.78 Å². The number of methoxy groups -OCH3 is 1. The van der Waals surface area contributed by atoms with Crippen LogP contribution in [0.1, 0.15) is 30.0 Å². The maximum atomic E-state index is 5.79. The number of nitrogen functional groups attached to an aromatic ring is 1. The van der Waals surface area contributed by atoms with Gasteiger partial charge in [-0.2, -0.15) is 5.10 Å². The molecule has 1 aliphatic rings. The van der Waals surface area contributed by atoms with Crippen LogP contribution in [0.2, 0.25) is 0 Å². The average molecular weight is 243 g/mol. The van der Waals surface area contributed by atoms with E-state index in [1.54, 1.807) is 7.11 Å². The number of hydrogen-bond donors (Lipinski definition) is 1. The Balaban J connectivity index is 1.82. The number of benzene rings is 1. The van der Waals surface area contributed by atoms with Gasteiger partial charge in [0.2, 0.25) is 0 Å². The Morgan fingerprint density at radius 1 is 1.33 bits per heavy atom. The van der Waals surface area contributed by atoms with Crippen LogP contribution in [0, 0.1) is 0 Å². The summed E-state index contributed by atoms with van der Waals surface area (Å²) in [5, 5.41) is 4.37. The first kappa shape index (κ1) is 11.1. The van der Waals surface area contributed by atoms with Crippen molar-refractivity contribution in [1.29, 1.82) is 0 Å². The van der Waals surface area contributed by atoms with Gasteiger partial charge in [0.25, 0.3) is 0 Å². The Morgan fingerprint density at radius 2 is 2.06 bits per heavy atom. The van der Waals surface area contributed by atoms with Crippen LogP contribution in [0.25, 0.3) is 0 Å². The smallest absolute Gasteiger partial charge is 0.145 e.